The average Bonchev–Trinajstić information content (AvgIpc) is 2.15. The van der Waals surface area contributed by atoms with Gasteiger partial charge in [-0.2, -0.15) is 0 Å². The van der Waals surface area contributed by atoms with Crippen LogP contribution in [0.5, 0.6) is 0 Å². The van der Waals surface area contributed by atoms with Crippen molar-refractivity contribution in [2.45, 2.75) is 13.8 Å². The fraction of sp³-hybridized carbons (Fsp3) is 0.400. The molecule has 0 aliphatic rings. The number of hydrogen-bond acceptors (Lipinski definition) is 3. The molecular formula is C10H12Cl2N2O2. The minimum Gasteiger partial charge on any atom is -0.273 e. The summed E-state index contributed by atoms with van der Waals surface area (Å²) in [5.41, 5.74) is 2.61. The van der Waals surface area contributed by atoms with E-state index in [4.69, 9.17) is 28.0 Å². The van der Waals surface area contributed by atoms with Gasteiger partial charge in [0.1, 0.15) is 10.3 Å². The second-order valence-corrected chi connectivity index (χ2v) is 4.41. The van der Waals surface area contributed by atoms with Gasteiger partial charge in [-0.25, -0.2) is 10.5 Å². The number of aromatic nitrogens is 1. The summed E-state index contributed by atoms with van der Waals surface area (Å²) < 4.78 is 0. The highest BCUT2D eigenvalue weighted by atomic mass is 35.5. The fourth-order valence-corrected chi connectivity index (χ4v) is 1.39. The van der Waals surface area contributed by atoms with E-state index in [1.165, 1.54) is 12.1 Å². The van der Waals surface area contributed by atoms with Gasteiger partial charge in [0.2, 0.25) is 0 Å². The lowest BCUT2D eigenvalue weighted by Gasteiger charge is -2.07. The van der Waals surface area contributed by atoms with Crippen LogP contribution in [-0.2, 0) is 4.84 Å². The Labute approximate surface area is 104 Å². The standard InChI is InChI=1S/C10H12Cl2N2O2/c1-6(2)5-16-14-10(15)7-3-8(11)13-9(12)4-7/h3-4,6H,5H2,1-2H3,(H,14,15). The van der Waals surface area contributed by atoms with E-state index in [-0.39, 0.29) is 10.3 Å². The number of amides is 1. The third-order valence-electron chi connectivity index (χ3n) is 1.61. The Bertz CT molecular complexity index is 363. The monoisotopic (exact) mass is 262 g/mol. The Morgan fingerprint density at radius 1 is 1.44 bits per heavy atom. The molecule has 1 amide bonds. The molecule has 1 rings (SSSR count). The van der Waals surface area contributed by atoms with Gasteiger partial charge < -0.3 is 0 Å². The lowest BCUT2D eigenvalue weighted by molar-refractivity contribution is 0.0208. The highest BCUT2D eigenvalue weighted by Crippen LogP contribution is 2.14. The van der Waals surface area contributed by atoms with E-state index >= 15 is 0 Å². The SMILES string of the molecule is CC(C)CONC(=O)c1cc(Cl)nc(Cl)c1. The third-order valence-corrected chi connectivity index (χ3v) is 1.99. The maximum atomic E-state index is 11.5. The van der Waals surface area contributed by atoms with Crippen molar-refractivity contribution in [3.63, 3.8) is 0 Å². The summed E-state index contributed by atoms with van der Waals surface area (Å²) in [6, 6.07) is 2.84. The van der Waals surface area contributed by atoms with Gasteiger partial charge in [-0.05, 0) is 18.1 Å². The number of nitrogens with one attached hydrogen (secondary N) is 1. The van der Waals surface area contributed by atoms with Crippen LogP contribution in [0.3, 0.4) is 0 Å². The van der Waals surface area contributed by atoms with Gasteiger partial charge in [0.15, 0.2) is 0 Å². The maximum Gasteiger partial charge on any atom is 0.275 e. The molecule has 1 heterocycles. The number of rotatable bonds is 4. The molecule has 16 heavy (non-hydrogen) atoms. The number of carbonyl (C=O) groups is 1. The van der Waals surface area contributed by atoms with Gasteiger partial charge in [-0.1, -0.05) is 37.0 Å². The molecule has 0 fully saturated rings. The van der Waals surface area contributed by atoms with Crippen LogP contribution in [-0.4, -0.2) is 17.5 Å². The molecule has 1 N–H and O–H groups in total. The van der Waals surface area contributed by atoms with E-state index in [1.807, 2.05) is 13.8 Å². The van der Waals surface area contributed by atoms with Crippen molar-refractivity contribution in [3.8, 4) is 0 Å². The van der Waals surface area contributed by atoms with E-state index < -0.39 is 5.91 Å². The Kier molecular flexibility index (Phi) is 4.99. The molecule has 88 valence electrons. The predicted molar refractivity (Wildman–Crippen MR) is 62.5 cm³/mol. The van der Waals surface area contributed by atoms with Gasteiger partial charge in [-0.3, -0.25) is 9.63 Å². The zero-order chi connectivity index (χ0) is 12.1. The van der Waals surface area contributed by atoms with Gasteiger partial charge in [-0.15, -0.1) is 0 Å². The smallest absolute Gasteiger partial charge is 0.273 e. The molecule has 0 saturated heterocycles. The first-order chi connectivity index (χ1) is 7.49. The molecule has 0 aromatic carbocycles. The molecule has 0 saturated carbocycles. The molecule has 0 atom stereocenters. The Hall–Kier alpha value is -0.840. The average molecular weight is 263 g/mol. The first-order valence-electron chi connectivity index (χ1n) is 4.74. The van der Waals surface area contributed by atoms with Crippen molar-refractivity contribution in [3.05, 3.63) is 28.0 Å². The molecule has 1 aromatic rings. The zero-order valence-electron chi connectivity index (χ0n) is 8.96. The minimum absolute atomic E-state index is 0.168. The second-order valence-electron chi connectivity index (χ2n) is 3.64. The molecule has 0 aliphatic heterocycles. The number of nitrogens with zero attached hydrogens (tertiary/aromatic N) is 1. The lowest BCUT2D eigenvalue weighted by atomic mass is 10.2. The third kappa shape index (κ3) is 4.35. The molecule has 0 bridgehead atoms. The zero-order valence-corrected chi connectivity index (χ0v) is 10.5. The van der Waals surface area contributed by atoms with Crippen molar-refractivity contribution in [1.29, 1.82) is 0 Å². The Morgan fingerprint density at radius 3 is 2.50 bits per heavy atom. The van der Waals surface area contributed by atoms with E-state index in [1.54, 1.807) is 0 Å². The van der Waals surface area contributed by atoms with Crippen LogP contribution in [0.1, 0.15) is 24.2 Å². The summed E-state index contributed by atoms with van der Waals surface area (Å²) in [6.45, 7) is 4.40. The van der Waals surface area contributed by atoms with Crippen LogP contribution in [0, 0.1) is 5.92 Å². The van der Waals surface area contributed by atoms with E-state index in [9.17, 15) is 4.79 Å². The van der Waals surface area contributed by atoms with Crippen LogP contribution >= 0.6 is 23.2 Å². The van der Waals surface area contributed by atoms with Crippen LogP contribution < -0.4 is 5.48 Å². The molecular weight excluding hydrogens is 251 g/mol. The molecule has 0 aliphatic carbocycles. The normalized spacial score (nSPS) is 10.6. The van der Waals surface area contributed by atoms with E-state index in [0.717, 1.165) is 0 Å². The van der Waals surface area contributed by atoms with Gasteiger partial charge in [0.25, 0.3) is 5.91 Å². The first kappa shape index (κ1) is 13.2. The number of hydroxylamine groups is 1. The quantitative estimate of drug-likeness (QED) is 0.671. The predicted octanol–water partition coefficient (Wildman–Crippen LogP) is 2.71. The van der Waals surface area contributed by atoms with Crippen LogP contribution in [0.15, 0.2) is 12.1 Å². The number of pyridine rings is 1. The summed E-state index contributed by atoms with van der Waals surface area (Å²) in [7, 11) is 0. The largest absolute Gasteiger partial charge is 0.275 e. The minimum atomic E-state index is -0.396. The van der Waals surface area contributed by atoms with Gasteiger partial charge >= 0.3 is 0 Å². The fourth-order valence-electron chi connectivity index (χ4n) is 0.929. The summed E-state index contributed by atoms with van der Waals surface area (Å²) in [6.07, 6.45) is 0. The van der Waals surface area contributed by atoms with Gasteiger partial charge in [0, 0.05) is 5.56 Å². The summed E-state index contributed by atoms with van der Waals surface area (Å²) in [4.78, 5) is 20.3. The van der Waals surface area contributed by atoms with Crippen LogP contribution in [0.2, 0.25) is 10.3 Å². The summed E-state index contributed by atoms with van der Waals surface area (Å²) in [5.74, 6) is -0.0586. The van der Waals surface area contributed by atoms with Crippen molar-refractivity contribution in [2.75, 3.05) is 6.61 Å². The Balaban J connectivity index is 2.59. The molecule has 1 aromatic heterocycles. The number of carbonyl (C=O) groups excluding carboxylic acids is 1. The first-order valence-corrected chi connectivity index (χ1v) is 5.50. The molecule has 0 unspecified atom stereocenters. The molecule has 4 nitrogen and oxygen atoms in total. The molecule has 0 spiro atoms. The van der Waals surface area contributed by atoms with E-state index in [0.29, 0.717) is 18.1 Å². The van der Waals surface area contributed by atoms with Crippen molar-refractivity contribution in [1.82, 2.24) is 10.5 Å². The van der Waals surface area contributed by atoms with Crippen LogP contribution in [0.25, 0.3) is 0 Å². The summed E-state index contributed by atoms with van der Waals surface area (Å²) >= 11 is 11.3. The van der Waals surface area contributed by atoms with Gasteiger partial charge in [0.05, 0.1) is 6.61 Å². The molecule has 6 heteroatoms. The topological polar surface area (TPSA) is 51.2 Å². The van der Waals surface area contributed by atoms with Crippen molar-refractivity contribution < 1.29 is 9.63 Å². The maximum absolute atomic E-state index is 11.5. The summed E-state index contributed by atoms with van der Waals surface area (Å²) in [5, 5.41) is 0.336. The van der Waals surface area contributed by atoms with E-state index in [2.05, 4.69) is 10.5 Å². The van der Waals surface area contributed by atoms with Crippen molar-refractivity contribution >= 4 is 29.1 Å². The molecule has 0 radical (unpaired) electrons. The number of hydrogen-bond donors (Lipinski definition) is 1. The lowest BCUT2D eigenvalue weighted by Crippen LogP contribution is -2.25. The Morgan fingerprint density at radius 2 is 2.00 bits per heavy atom. The highest BCUT2D eigenvalue weighted by Gasteiger charge is 2.08. The number of halogens is 2. The second kappa shape index (κ2) is 6.03. The van der Waals surface area contributed by atoms with Crippen LogP contribution in [0.4, 0.5) is 0 Å². The van der Waals surface area contributed by atoms with Crippen molar-refractivity contribution in [2.24, 2.45) is 5.92 Å². The highest BCUT2D eigenvalue weighted by molar-refractivity contribution is 6.33.